The minimum Gasteiger partial charge on any atom is -0.457 e. The lowest BCUT2D eigenvalue weighted by atomic mass is 10.1. The van der Waals surface area contributed by atoms with E-state index in [-0.39, 0.29) is 6.61 Å². The second-order valence-electron chi connectivity index (χ2n) is 4.45. The zero-order valence-corrected chi connectivity index (χ0v) is 11.1. The number of nitrogens with zero attached hydrogens (tertiary/aromatic N) is 1. The molecule has 0 aliphatic carbocycles. The van der Waals surface area contributed by atoms with Gasteiger partial charge in [0.2, 0.25) is 0 Å². The van der Waals surface area contributed by atoms with Crippen molar-refractivity contribution in [2.75, 3.05) is 0 Å². The van der Waals surface area contributed by atoms with E-state index in [2.05, 4.69) is 0 Å². The number of benzene rings is 2. The van der Waals surface area contributed by atoms with Crippen molar-refractivity contribution < 1.29 is 14.9 Å². The average Bonchev–Trinajstić information content (AvgIpc) is 2.47. The first-order valence-corrected chi connectivity index (χ1v) is 6.24. The smallest absolute Gasteiger partial charge is 0.134 e. The molecular formula is C16H15NO3. The van der Waals surface area contributed by atoms with E-state index in [9.17, 15) is 5.11 Å². The molecule has 4 nitrogen and oxygen atoms in total. The topological polar surface area (TPSA) is 73.5 Å². The van der Waals surface area contributed by atoms with Gasteiger partial charge in [0.05, 0.1) is 24.3 Å². The molecule has 2 aromatic carbocycles. The summed E-state index contributed by atoms with van der Waals surface area (Å²) in [6.07, 6.45) is -0.696. The van der Waals surface area contributed by atoms with Crippen molar-refractivity contribution >= 4 is 0 Å². The lowest BCUT2D eigenvalue weighted by Gasteiger charge is -2.14. The molecule has 0 spiro atoms. The van der Waals surface area contributed by atoms with E-state index in [1.807, 2.05) is 6.07 Å². The van der Waals surface area contributed by atoms with Crippen molar-refractivity contribution in [3.8, 4) is 17.6 Å². The molecule has 20 heavy (non-hydrogen) atoms. The summed E-state index contributed by atoms with van der Waals surface area (Å²) in [5.41, 5.74) is 1.80. The normalized spacial score (nSPS) is 11.7. The van der Waals surface area contributed by atoms with E-state index in [0.29, 0.717) is 22.6 Å². The molecule has 4 heteroatoms. The van der Waals surface area contributed by atoms with Crippen LogP contribution in [0.25, 0.3) is 0 Å². The molecule has 0 saturated carbocycles. The van der Waals surface area contributed by atoms with Crippen LogP contribution >= 0.6 is 0 Å². The van der Waals surface area contributed by atoms with Gasteiger partial charge in [-0.3, -0.25) is 0 Å². The molecule has 0 radical (unpaired) electrons. The third-order valence-electron chi connectivity index (χ3n) is 2.90. The average molecular weight is 269 g/mol. The fourth-order valence-electron chi connectivity index (χ4n) is 1.87. The summed E-state index contributed by atoms with van der Waals surface area (Å²) in [7, 11) is 0. The standard InChI is InChI=1S/C16H15NO3/c1-11(19)15-6-5-12(9-17)8-16(15)20-14-4-2-3-13(7-14)10-18/h2-8,11,18-19H,10H2,1H3/t11-/m0/s1. The Labute approximate surface area is 117 Å². The molecule has 2 rings (SSSR count). The molecule has 0 saturated heterocycles. The first kappa shape index (κ1) is 14.1. The highest BCUT2D eigenvalue weighted by Crippen LogP contribution is 2.31. The van der Waals surface area contributed by atoms with E-state index in [4.69, 9.17) is 15.1 Å². The third-order valence-corrected chi connectivity index (χ3v) is 2.90. The fourth-order valence-corrected chi connectivity index (χ4v) is 1.87. The Morgan fingerprint density at radius 1 is 1.25 bits per heavy atom. The highest BCUT2D eigenvalue weighted by atomic mass is 16.5. The summed E-state index contributed by atoms with van der Waals surface area (Å²) in [6, 6.07) is 14.0. The first-order valence-electron chi connectivity index (χ1n) is 6.24. The summed E-state index contributed by atoms with van der Waals surface area (Å²) in [5, 5.41) is 27.8. The summed E-state index contributed by atoms with van der Waals surface area (Å²) < 4.78 is 5.73. The maximum atomic E-state index is 9.74. The summed E-state index contributed by atoms with van der Waals surface area (Å²) in [5.74, 6) is 0.989. The molecule has 0 aliphatic rings. The molecule has 0 aromatic heterocycles. The van der Waals surface area contributed by atoms with Gasteiger partial charge >= 0.3 is 0 Å². The minimum atomic E-state index is -0.696. The number of nitriles is 1. The Morgan fingerprint density at radius 2 is 2.05 bits per heavy atom. The molecule has 0 amide bonds. The van der Waals surface area contributed by atoms with E-state index >= 15 is 0 Å². The van der Waals surface area contributed by atoms with Crippen molar-refractivity contribution in [3.63, 3.8) is 0 Å². The second-order valence-corrected chi connectivity index (χ2v) is 4.45. The van der Waals surface area contributed by atoms with Gasteiger partial charge in [-0.25, -0.2) is 0 Å². The summed E-state index contributed by atoms with van der Waals surface area (Å²) in [6.45, 7) is 1.57. The van der Waals surface area contributed by atoms with Gasteiger partial charge < -0.3 is 14.9 Å². The molecule has 2 N–H and O–H groups in total. The molecule has 0 aliphatic heterocycles. The molecule has 0 unspecified atom stereocenters. The second kappa shape index (κ2) is 6.20. The van der Waals surface area contributed by atoms with Crippen LogP contribution in [0.5, 0.6) is 11.5 Å². The molecule has 2 aromatic rings. The van der Waals surface area contributed by atoms with Gasteiger partial charge in [-0.05, 0) is 36.8 Å². The van der Waals surface area contributed by atoms with E-state index in [1.165, 1.54) is 0 Å². The highest BCUT2D eigenvalue weighted by Gasteiger charge is 2.11. The predicted octanol–water partition coefficient (Wildman–Crippen LogP) is 2.90. The van der Waals surface area contributed by atoms with Gasteiger partial charge in [-0.1, -0.05) is 18.2 Å². The third kappa shape index (κ3) is 3.15. The van der Waals surface area contributed by atoms with Crippen LogP contribution in [0.3, 0.4) is 0 Å². The monoisotopic (exact) mass is 269 g/mol. The largest absolute Gasteiger partial charge is 0.457 e. The quantitative estimate of drug-likeness (QED) is 0.895. The lowest BCUT2D eigenvalue weighted by Crippen LogP contribution is -1.97. The van der Waals surface area contributed by atoms with E-state index in [0.717, 1.165) is 5.56 Å². The SMILES string of the molecule is C[C@H](O)c1ccc(C#N)cc1Oc1cccc(CO)c1. The van der Waals surface area contributed by atoms with Crippen molar-refractivity contribution in [1.29, 1.82) is 5.26 Å². The van der Waals surface area contributed by atoms with Crippen molar-refractivity contribution in [2.45, 2.75) is 19.6 Å². The number of ether oxygens (including phenoxy) is 1. The Hall–Kier alpha value is -2.35. The molecule has 0 fully saturated rings. The molecular weight excluding hydrogens is 254 g/mol. The number of aliphatic hydroxyl groups excluding tert-OH is 2. The summed E-state index contributed by atoms with van der Waals surface area (Å²) >= 11 is 0. The fraction of sp³-hybridized carbons (Fsp3) is 0.188. The number of hydrogen-bond acceptors (Lipinski definition) is 4. The zero-order chi connectivity index (χ0) is 14.5. The van der Waals surface area contributed by atoms with E-state index < -0.39 is 6.10 Å². The molecule has 102 valence electrons. The van der Waals surface area contributed by atoms with Crippen LogP contribution in [-0.2, 0) is 6.61 Å². The molecule has 0 bridgehead atoms. The zero-order valence-electron chi connectivity index (χ0n) is 11.1. The first-order chi connectivity index (χ1) is 9.63. The maximum absolute atomic E-state index is 9.74. The Morgan fingerprint density at radius 3 is 2.70 bits per heavy atom. The number of hydrogen-bond donors (Lipinski definition) is 2. The van der Waals surface area contributed by atoms with Crippen LogP contribution in [0.15, 0.2) is 42.5 Å². The van der Waals surface area contributed by atoms with Crippen LogP contribution in [-0.4, -0.2) is 10.2 Å². The predicted molar refractivity (Wildman–Crippen MR) is 74.2 cm³/mol. The summed E-state index contributed by atoms with van der Waals surface area (Å²) in [4.78, 5) is 0. The molecule has 0 heterocycles. The van der Waals surface area contributed by atoms with Crippen molar-refractivity contribution in [3.05, 3.63) is 59.2 Å². The van der Waals surface area contributed by atoms with Gasteiger partial charge in [0.1, 0.15) is 11.5 Å². The van der Waals surface area contributed by atoms with Gasteiger partial charge in [0, 0.05) is 5.56 Å². The molecule has 1 atom stereocenters. The van der Waals surface area contributed by atoms with Crippen LogP contribution in [0.2, 0.25) is 0 Å². The Kier molecular flexibility index (Phi) is 4.36. The number of aliphatic hydroxyl groups is 2. The lowest BCUT2D eigenvalue weighted by molar-refractivity contribution is 0.195. The Balaban J connectivity index is 2.38. The van der Waals surface area contributed by atoms with Gasteiger partial charge in [-0.2, -0.15) is 5.26 Å². The van der Waals surface area contributed by atoms with Crippen LogP contribution < -0.4 is 4.74 Å². The van der Waals surface area contributed by atoms with E-state index in [1.54, 1.807) is 49.4 Å². The number of rotatable bonds is 4. The van der Waals surface area contributed by atoms with Crippen molar-refractivity contribution in [2.24, 2.45) is 0 Å². The van der Waals surface area contributed by atoms with Crippen LogP contribution in [0.1, 0.15) is 29.7 Å². The van der Waals surface area contributed by atoms with Crippen LogP contribution in [0.4, 0.5) is 0 Å². The minimum absolute atomic E-state index is 0.0707. The van der Waals surface area contributed by atoms with Gasteiger partial charge in [0.15, 0.2) is 0 Å². The Bertz CT molecular complexity index is 644. The van der Waals surface area contributed by atoms with Gasteiger partial charge in [0.25, 0.3) is 0 Å². The maximum Gasteiger partial charge on any atom is 0.134 e. The van der Waals surface area contributed by atoms with Gasteiger partial charge in [-0.15, -0.1) is 0 Å². The van der Waals surface area contributed by atoms with Crippen LogP contribution in [0, 0.1) is 11.3 Å². The highest BCUT2D eigenvalue weighted by molar-refractivity contribution is 5.45. The van der Waals surface area contributed by atoms with Crippen molar-refractivity contribution in [1.82, 2.24) is 0 Å².